The van der Waals surface area contributed by atoms with Crippen molar-refractivity contribution >= 4 is 22.2 Å². The van der Waals surface area contributed by atoms with E-state index >= 15 is 0 Å². The predicted molar refractivity (Wildman–Crippen MR) is 80.8 cm³/mol. The number of benzene rings is 1. The molecule has 1 aromatic carbocycles. The third kappa shape index (κ3) is 4.87. The van der Waals surface area contributed by atoms with Crippen LogP contribution in [0, 0.1) is 0 Å². The number of hydrogen-bond acceptors (Lipinski definition) is 6. The Kier molecular flexibility index (Phi) is 8.11. The van der Waals surface area contributed by atoms with Crippen LogP contribution in [0.3, 0.4) is 0 Å². The molecule has 21 heavy (non-hydrogen) atoms. The van der Waals surface area contributed by atoms with Gasteiger partial charge in [0.1, 0.15) is 23.4 Å². The Morgan fingerprint density at radius 1 is 1.00 bits per heavy atom. The lowest BCUT2D eigenvalue weighted by molar-refractivity contribution is 0.111. The summed E-state index contributed by atoms with van der Waals surface area (Å²) in [5.41, 5.74) is 0.371. The van der Waals surface area contributed by atoms with E-state index in [1.807, 2.05) is 0 Å². The predicted octanol–water partition coefficient (Wildman–Crippen LogP) is 2.32. The zero-order valence-electron chi connectivity index (χ0n) is 12.3. The van der Waals surface area contributed by atoms with Crippen molar-refractivity contribution < 1.29 is 28.5 Å². The maximum atomic E-state index is 11.2. The summed E-state index contributed by atoms with van der Waals surface area (Å²) in [6, 6.07) is 1.58. The maximum absolute atomic E-state index is 11.2. The molecule has 0 heterocycles. The molecule has 0 aliphatic rings. The van der Waals surface area contributed by atoms with Crippen LogP contribution in [0.5, 0.6) is 17.2 Å². The number of carbonyl (C=O) groups excluding carboxylic acids is 1. The standard InChI is InChI=1S/C14H19BrO6/c1-17-4-6-20-11-8-10(9-16)13(19-3)12(15)14(11)21-7-5-18-2/h8-9H,4-7H2,1-3H3. The molecule has 0 aromatic heterocycles. The average molecular weight is 363 g/mol. The minimum Gasteiger partial charge on any atom is -0.495 e. The highest BCUT2D eigenvalue weighted by Crippen LogP contribution is 2.43. The van der Waals surface area contributed by atoms with Crippen molar-refractivity contribution in [2.45, 2.75) is 0 Å². The van der Waals surface area contributed by atoms with Crippen molar-refractivity contribution in [3.05, 3.63) is 16.1 Å². The van der Waals surface area contributed by atoms with Crippen LogP contribution < -0.4 is 14.2 Å². The van der Waals surface area contributed by atoms with E-state index in [1.165, 1.54) is 7.11 Å². The fourth-order valence-corrected chi connectivity index (χ4v) is 2.31. The van der Waals surface area contributed by atoms with Crippen molar-refractivity contribution in [3.8, 4) is 17.2 Å². The summed E-state index contributed by atoms with van der Waals surface area (Å²) in [5.74, 6) is 1.31. The summed E-state index contributed by atoms with van der Waals surface area (Å²) in [5, 5.41) is 0. The van der Waals surface area contributed by atoms with Gasteiger partial charge in [-0.15, -0.1) is 0 Å². The molecular formula is C14H19BrO6. The summed E-state index contributed by atoms with van der Waals surface area (Å²) >= 11 is 3.38. The van der Waals surface area contributed by atoms with Crippen LogP contribution in [0.4, 0.5) is 0 Å². The summed E-state index contributed by atoms with van der Waals surface area (Å²) in [6.07, 6.45) is 0.700. The lowest BCUT2D eigenvalue weighted by Crippen LogP contribution is -2.10. The summed E-state index contributed by atoms with van der Waals surface area (Å²) in [4.78, 5) is 11.2. The molecule has 0 unspecified atom stereocenters. The molecule has 1 rings (SSSR count). The Balaban J connectivity index is 3.10. The van der Waals surface area contributed by atoms with Gasteiger partial charge in [0, 0.05) is 14.2 Å². The molecule has 0 N–H and O–H groups in total. The van der Waals surface area contributed by atoms with E-state index in [0.29, 0.717) is 60.0 Å². The number of ether oxygens (including phenoxy) is 5. The zero-order valence-corrected chi connectivity index (χ0v) is 13.9. The fourth-order valence-electron chi connectivity index (χ4n) is 1.61. The summed E-state index contributed by atoms with van der Waals surface area (Å²) in [6.45, 7) is 1.55. The Hall–Kier alpha value is -1.31. The van der Waals surface area contributed by atoms with Crippen molar-refractivity contribution in [2.75, 3.05) is 47.8 Å². The van der Waals surface area contributed by atoms with E-state index in [0.717, 1.165) is 0 Å². The van der Waals surface area contributed by atoms with E-state index in [-0.39, 0.29) is 0 Å². The van der Waals surface area contributed by atoms with Gasteiger partial charge in [-0.25, -0.2) is 0 Å². The summed E-state index contributed by atoms with van der Waals surface area (Å²) in [7, 11) is 4.65. The molecule has 7 heteroatoms. The number of rotatable bonds is 10. The van der Waals surface area contributed by atoms with Gasteiger partial charge in [0.05, 0.1) is 25.9 Å². The van der Waals surface area contributed by atoms with Gasteiger partial charge in [0.25, 0.3) is 0 Å². The molecule has 118 valence electrons. The van der Waals surface area contributed by atoms with Crippen LogP contribution in [0.1, 0.15) is 10.4 Å². The quantitative estimate of drug-likeness (QED) is 0.470. The highest BCUT2D eigenvalue weighted by Gasteiger charge is 2.19. The molecule has 0 radical (unpaired) electrons. The van der Waals surface area contributed by atoms with Gasteiger partial charge in [0.15, 0.2) is 17.8 Å². The average Bonchev–Trinajstić information content (AvgIpc) is 2.49. The largest absolute Gasteiger partial charge is 0.495 e. The van der Waals surface area contributed by atoms with Crippen molar-refractivity contribution in [1.29, 1.82) is 0 Å². The van der Waals surface area contributed by atoms with Gasteiger partial charge in [-0.05, 0) is 22.0 Å². The van der Waals surface area contributed by atoms with Crippen molar-refractivity contribution in [1.82, 2.24) is 0 Å². The van der Waals surface area contributed by atoms with Gasteiger partial charge in [-0.2, -0.15) is 0 Å². The lowest BCUT2D eigenvalue weighted by Gasteiger charge is -2.17. The molecule has 0 saturated carbocycles. The van der Waals surface area contributed by atoms with Gasteiger partial charge < -0.3 is 23.7 Å². The first-order valence-electron chi connectivity index (χ1n) is 6.28. The topological polar surface area (TPSA) is 63.2 Å². The Morgan fingerprint density at radius 3 is 2.14 bits per heavy atom. The third-order valence-electron chi connectivity index (χ3n) is 2.58. The lowest BCUT2D eigenvalue weighted by atomic mass is 10.2. The number of halogens is 1. The first-order valence-corrected chi connectivity index (χ1v) is 7.08. The minimum absolute atomic E-state index is 0.341. The molecule has 1 aromatic rings. The second-order valence-corrected chi connectivity index (χ2v) is 4.73. The number of carbonyl (C=O) groups is 1. The second kappa shape index (κ2) is 9.59. The van der Waals surface area contributed by atoms with Crippen LogP contribution in [0.2, 0.25) is 0 Å². The molecule has 0 aliphatic heterocycles. The van der Waals surface area contributed by atoms with Crippen LogP contribution in [-0.4, -0.2) is 54.0 Å². The van der Waals surface area contributed by atoms with Crippen molar-refractivity contribution in [2.24, 2.45) is 0 Å². The molecule has 0 atom stereocenters. The van der Waals surface area contributed by atoms with E-state index < -0.39 is 0 Å². The van der Waals surface area contributed by atoms with Gasteiger partial charge in [-0.3, -0.25) is 4.79 Å². The van der Waals surface area contributed by atoms with E-state index in [1.54, 1.807) is 20.3 Å². The molecule has 0 bridgehead atoms. The maximum Gasteiger partial charge on any atom is 0.179 e. The van der Waals surface area contributed by atoms with Gasteiger partial charge >= 0.3 is 0 Å². The van der Waals surface area contributed by atoms with Crippen LogP contribution in [-0.2, 0) is 9.47 Å². The number of aldehydes is 1. The highest BCUT2D eigenvalue weighted by atomic mass is 79.9. The van der Waals surface area contributed by atoms with Gasteiger partial charge in [-0.1, -0.05) is 0 Å². The van der Waals surface area contributed by atoms with Crippen LogP contribution in [0.25, 0.3) is 0 Å². The molecule has 0 amide bonds. The van der Waals surface area contributed by atoms with E-state index in [9.17, 15) is 4.79 Å². The smallest absolute Gasteiger partial charge is 0.179 e. The molecule has 6 nitrogen and oxygen atoms in total. The molecule has 0 aliphatic carbocycles. The summed E-state index contributed by atoms with van der Waals surface area (Å²) < 4.78 is 26.9. The SMILES string of the molecule is COCCOc1cc(C=O)c(OC)c(Br)c1OCCOC. The first kappa shape index (κ1) is 17.7. The van der Waals surface area contributed by atoms with Crippen LogP contribution >= 0.6 is 15.9 Å². The first-order chi connectivity index (χ1) is 10.2. The van der Waals surface area contributed by atoms with E-state index in [4.69, 9.17) is 23.7 Å². The van der Waals surface area contributed by atoms with Crippen LogP contribution in [0.15, 0.2) is 10.5 Å². The second-order valence-electron chi connectivity index (χ2n) is 3.94. The molecular weight excluding hydrogens is 344 g/mol. The normalized spacial score (nSPS) is 10.3. The fraction of sp³-hybridized carbons (Fsp3) is 0.500. The molecule has 0 saturated heterocycles. The Morgan fingerprint density at radius 2 is 1.62 bits per heavy atom. The minimum atomic E-state index is 0.341. The van der Waals surface area contributed by atoms with Crippen molar-refractivity contribution in [3.63, 3.8) is 0 Å². The number of methoxy groups -OCH3 is 3. The van der Waals surface area contributed by atoms with E-state index in [2.05, 4.69) is 15.9 Å². The molecule has 0 spiro atoms. The zero-order chi connectivity index (χ0) is 15.7. The Labute approximate surface area is 132 Å². The third-order valence-corrected chi connectivity index (χ3v) is 3.30. The number of hydrogen-bond donors (Lipinski definition) is 0. The van der Waals surface area contributed by atoms with Gasteiger partial charge in [0.2, 0.25) is 0 Å². The highest BCUT2D eigenvalue weighted by molar-refractivity contribution is 9.10. The Bertz CT molecular complexity index is 463. The monoisotopic (exact) mass is 362 g/mol. The molecule has 0 fully saturated rings.